The number of amides is 1. The van der Waals surface area contributed by atoms with Gasteiger partial charge in [0.15, 0.2) is 11.0 Å². The predicted octanol–water partition coefficient (Wildman–Crippen LogP) is 4.76. The lowest BCUT2D eigenvalue weighted by molar-refractivity contribution is -0.113. The molecule has 0 aliphatic heterocycles. The summed E-state index contributed by atoms with van der Waals surface area (Å²) < 4.78 is 33.9. The van der Waals surface area contributed by atoms with E-state index in [1.54, 1.807) is 7.11 Å². The maximum Gasteiger partial charge on any atom is 0.234 e. The lowest BCUT2D eigenvalue weighted by atomic mass is 10.2. The van der Waals surface area contributed by atoms with Crippen LogP contribution in [0.2, 0.25) is 0 Å². The van der Waals surface area contributed by atoms with Crippen molar-refractivity contribution in [3.05, 3.63) is 54.1 Å². The van der Waals surface area contributed by atoms with E-state index in [0.717, 1.165) is 36.3 Å². The quantitative estimate of drug-likeness (QED) is 0.494. The fourth-order valence-electron chi connectivity index (χ4n) is 2.77. The number of carbonyl (C=O) groups excluding carboxylic acids is 1. The summed E-state index contributed by atoms with van der Waals surface area (Å²) in [5.41, 5.74) is 0.831. The molecule has 0 bridgehead atoms. The van der Waals surface area contributed by atoms with E-state index in [1.165, 1.54) is 17.8 Å². The molecule has 2 aromatic carbocycles. The van der Waals surface area contributed by atoms with Crippen LogP contribution >= 0.6 is 11.8 Å². The average Bonchev–Trinajstić information content (AvgIpc) is 3.15. The summed E-state index contributed by atoms with van der Waals surface area (Å²) in [5.74, 6) is -0.460. The number of ether oxygens (including phenoxy) is 1. The number of methoxy groups -OCH3 is 1. The zero-order valence-electron chi connectivity index (χ0n) is 16.7. The number of unbranched alkanes of at least 4 members (excludes halogenated alkanes) is 1. The first-order valence-corrected chi connectivity index (χ1v) is 10.5. The Hall–Kier alpha value is -2.94. The van der Waals surface area contributed by atoms with Crippen LogP contribution in [0.4, 0.5) is 14.5 Å². The van der Waals surface area contributed by atoms with Gasteiger partial charge in [0.1, 0.15) is 17.4 Å². The molecule has 3 aromatic rings. The van der Waals surface area contributed by atoms with Gasteiger partial charge in [-0.3, -0.25) is 4.79 Å². The maximum atomic E-state index is 13.7. The fraction of sp³-hybridized carbons (Fsp3) is 0.286. The summed E-state index contributed by atoms with van der Waals surface area (Å²) in [5, 5.41) is 11.6. The summed E-state index contributed by atoms with van der Waals surface area (Å²) in [6.45, 7) is 2.80. The first kappa shape index (κ1) is 21.8. The van der Waals surface area contributed by atoms with Crippen molar-refractivity contribution in [3.8, 4) is 17.1 Å². The first-order valence-electron chi connectivity index (χ1n) is 9.47. The largest absolute Gasteiger partial charge is 0.497 e. The molecule has 6 nitrogen and oxygen atoms in total. The maximum absolute atomic E-state index is 13.7. The molecule has 0 saturated heterocycles. The highest BCUT2D eigenvalue weighted by Gasteiger charge is 2.16. The molecule has 9 heteroatoms. The number of anilines is 1. The number of benzene rings is 2. The number of aromatic nitrogens is 3. The first-order chi connectivity index (χ1) is 14.5. The molecule has 3 rings (SSSR count). The second kappa shape index (κ2) is 10.2. The van der Waals surface area contributed by atoms with Gasteiger partial charge in [-0.2, -0.15) is 0 Å². The molecular weight excluding hydrogens is 410 g/mol. The van der Waals surface area contributed by atoms with Crippen molar-refractivity contribution in [2.24, 2.45) is 0 Å². The summed E-state index contributed by atoms with van der Waals surface area (Å²) >= 11 is 1.21. The van der Waals surface area contributed by atoms with Crippen molar-refractivity contribution >= 4 is 23.4 Å². The molecule has 1 aromatic heterocycles. The highest BCUT2D eigenvalue weighted by molar-refractivity contribution is 7.99. The van der Waals surface area contributed by atoms with Crippen LogP contribution in [0.1, 0.15) is 19.8 Å². The number of nitrogens with one attached hydrogen (secondary N) is 1. The second-order valence-corrected chi connectivity index (χ2v) is 7.44. The minimum atomic E-state index is -0.818. The average molecular weight is 432 g/mol. The van der Waals surface area contributed by atoms with Crippen molar-refractivity contribution < 1.29 is 18.3 Å². The van der Waals surface area contributed by atoms with Crippen LogP contribution in [0.5, 0.6) is 5.75 Å². The van der Waals surface area contributed by atoms with Gasteiger partial charge < -0.3 is 14.6 Å². The molecule has 0 atom stereocenters. The number of carbonyl (C=O) groups is 1. The Kier molecular flexibility index (Phi) is 7.40. The van der Waals surface area contributed by atoms with Gasteiger partial charge in [0.2, 0.25) is 5.91 Å². The van der Waals surface area contributed by atoms with E-state index in [0.29, 0.717) is 17.5 Å². The zero-order chi connectivity index (χ0) is 21.5. The van der Waals surface area contributed by atoms with E-state index in [4.69, 9.17) is 4.74 Å². The van der Waals surface area contributed by atoms with Crippen LogP contribution in [-0.4, -0.2) is 33.5 Å². The third kappa shape index (κ3) is 5.35. The Bertz CT molecular complexity index is 1010. The highest BCUT2D eigenvalue weighted by Crippen LogP contribution is 2.26. The van der Waals surface area contributed by atoms with Crippen LogP contribution in [0.3, 0.4) is 0 Å². The zero-order valence-corrected chi connectivity index (χ0v) is 17.5. The summed E-state index contributed by atoms with van der Waals surface area (Å²) in [6, 6.07) is 10.5. The summed E-state index contributed by atoms with van der Waals surface area (Å²) in [6.07, 6.45) is 1.93. The molecule has 0 spiro atoms. The molecule has 0 aliphatic carbocycles. The molecule has 1 heterocycles. The lowest BCUT2D eigenvalue weighted by Gasteiger charge is -2.10. The van der Waals surface area contributed by atoms with Crippen molar-refractivity contribution in [1.29, 1.82) is 0 Å². The van der Waals surface area contributed by atoms with Gasteiger partial charge in [-0.25, -0.2) is 8.78 Å². The molecule has 1 N–H and O–H groups in total. The minimum Gasteiger partial charge on any atom is -0.497 e. The monoisotopic (exact) mass is 432 g/mol. The number of rotatable bonds is 9. The van der Waals surface area contributed by atoms with Gasteiger partial charge in [-0.1, -0.05) is 25.1 Å². The Morgan fingerprint density at radius 3 is 2.60 bits per heavy atom. The SMILES string of the molecule is CCCCn1c(SCC(=O)Nc2ccc(F)cc2F)nnc1-c1ccc(OC)cc1. The van der Waals surface area contributed by atoms with Crippen LogP contribution in [0.25, 0.3) is 11.4 Å². The Morgan fingerprint density at radius 2 is 1.93 bits per heavy atom. The molecule has 0 radical (unpaired) electrons. The minimum absolute atomic E-state index is 0.0175. The van der Waals surface area contributed by atoms with Crippen LogP contribution in [-0.2, 0) is 11.3 Å². The third-order valence-corrected chi connectivity index (χ3v) is 5.30. The normalized spacial score (nSPS) is 10.8. The number of thioether (sulfide) groups is 1. The van der Waals surface area contributed by atoms with Crippen molar-refractivity contribution in [1.82, 2.24) is 14.8 Å². The molecule has 1 amide bonds. The summed E-state index contributed by atoms with van der Waals surface area (Å²) in [7, 11) is 1.61. The molecule has 0 aliphatic rings. The molecule has 158 valence electrons. The Labute approximate surface area is 177 Å². The summed E-state index contributed by atoms with van der Waals surface area (Å²) in [4.78, 5) is 12.2. The predicted molar refractivity (Wildman–Crippen MR) is 113 cm³/mol. The molecule has 30 heavy (non-hydrogen) atoms. The van der Waals surface area contributed by atoms with Crippen molar-refractivity contribution in [3.63, 3.8) is 0 Å². The van der Waals surface area contributed by atoms with Crippen LogP contribution < -0.4 is 10.1 Å². The molecule has 0 fully saturated rings. The number of nitrogens with zero attached hydrogens (tertiary/aromatic N) is 3. The van der Waals surface area contributed by atoms with Gasteiger partial charge in [-0.15, -0.1) is 10.2 Å². The van der Waals surface area contributed by atoms with Gasteiger partial charge >= 0.3 is 0 Å². The van der Waals surface area contributed by atoms with Gasteiger partial charge in [0.25, 0.3) is 0 Å². The van der Waals surface area contributed by atoms with E-state index >= 15 is 0 Å². The Balaban J connectivity index is 1.73. The van der Waals surface area contributed by atoms with Gasteiger partial charge in [-0.05, 0) is 42.8 Å². The van der Waals surface area contributed by atoms with Crippen molar-refractivity contribution in [2.75, 3.05) is 18.2 Å². The third-order valence-electron chi connectivity index (χ3n) is 4.34. The molecular formula is C21H22F2N4O2S. The van der Waals surface area contributed by atoms with E-state index in [9.17, 15) is 13.6 Å². The number of hydrogen-bond donors (Lipinski definition) is 1. The van der Waals surface area contributed by atoms with Crippen LogP contribution in [0.15, 0.2) is 47.6 Å². The van der Waals surface area contributed by atoms with E-state index in [-0.39, 0.29) is 11.4 Å². The number of halogens is 2. The van der Waals surface area contributed by atoms with Gasteiger partial charge in [0, 0.05) is 18.2 Å². The Morgan fingerprint density at radius 1 is 1.17 bits per heavy atom. The smallest absolute Gasteiger partial charge is 0.234 e. The fourth-order valence-corrected chi connectivity index (χ4v) is 3.54. The standard InChI is InChI=1S/C21H22F2N4O2S/c1-3-4-11-27-20(14-5-8-16(29-2)9-6-14)25-26-21(27)30-13-19(28)24-18-10-7-15(22)12-17(18)23/h5-10,12H,3-4,11,13H2,1-2H3,(H,24,28). The van der Waals surface area contributed by atoms with E-state index in [2.05, 4.69) is 22.4 Å². The van der Waals surface area contributed by atoms with E-state index < -0.39 is 17.5 Å². The van der Waals surface area contributed by atoms with Gasteiger partial charge in [0.05, 0.1) is 18.6 Å². The number of hydrogen-bond acceptors (Lipinski definition) is 5. The second-order valence-electron chi connectivity index (χ2n) is 6.50. The topological polar surface area (TPSA) is 69.0 Å². The van der Waals surface area contributed by atoms with Crippen molar-refractivity contribution in [2.45, 2.75) is 31.5 Å². The lowest BCUT2D eigenvalue weighted by Crippen LogP contribution is -2.15. The van der Waals surface area contributed by atoms with Crippen LogP contribution in [0, 0.1) is 11.6 Å². The highest BCUT2D eigenvalue weighted by atomic mass is 32.2. The molecule has 0 saturated carbocycles. The molecule has 0 unspecified atom stereocenters. The van der Waals surface area contributed by atoms with E-state index in [1.807, 2.05) is 28.8 Å².